The van der Waals surface area contributed by atoms with Crippen molar-refractivity contribution in [1.29, 1.82) is 0 Å². The number of ether oxygens (including phenoxy) is 1. The van der Waals surface area contributed by atoms with Crippen molar-refractivity contribution in [1.82, 2.24) is 15.0 Å². The van der Waals surface area contributed by atoms with Gasteiger partial charge in [-0.1, -0.05) is 51.3 Å². The lowest BCUT2D eigenvalue weighted by atomic mass is 10.2. The lowest BCUT2D eigenvalue weighted by Crippen LogP contribution is -2.37. The van der Waals surface area contributed by atoms with Crippen LogP contribution in [0.2, 0.25) is 10.0 Å². The fraction of sp³-hybridized carbons (Fsp3) is 0.200. The molecule has 0 radical (unpaired) electrons. The zero-order chi connectivity index (χ0) is 21.6. The van der Waals surface area contributed by atoms with E-state index in [2.05, 4.69) is 46.7 Å². The molecule has 0 spiro atoms. The van der Waals surface area contributed by atoms with Gasteiger partial charge in [0.1, 0.15) is 0 Å². The number of halogens is 3. The minimum absolute atomic E-state index is 0.310. The molecule has 0 saturated carbocycles. The van der Waals surface area contributed by atoms with Gasteiger partial charge in [0.15, 0.2) is 0 Å². The van der Waals surface area contributed by atoms with E-state index in [-0.39, 0.29) is 0 Å². The van der Waals surface area contributed by atoms with E-state index in [0.29, 0.717) is 54.2 Å². The molecule has 2 N–H and O–H groups in total. The second-order valence-corrected chi connectivity index (χ2v) is 8.29. The number of nitrogens with one attached hydrogen (secondary N) is 2. The molecule has 4 rings (SSSR count). The molecule has 8 nitrogen and oxygen atoms in total. The van der Waals surface area contributed by atoms with Crippen LogP contribution in [0.3, 0.4) is 0 Å². The summed E-state index contributed by atoms with van der Waals surface area (Å²) in [6, 6.07) is 13.0. The molecule has 3 aromatic rings. The average Bonchev–Trinajstić information content (AvgIpc) is 2.77. The number of rotatable bonds is 6. The minimum Gasteiger partial charge on any atom is -0.378 e. The third-order valence-corrected chi connectivity index (χ3v) is 5.55. The molecule has 2 heterocycles. The van der Waals surface area contributed by atoms with E-state index >= 15 is 0 Å². The van der Waals surface area contributed by atoms with E-state index < -0.39 is 0 Å². The van der Waals surface area contributed by atoms with Gasteiger partial charge in [0, 0.05) is 23.2 Å². The summed E-state index contributed by atoms with van der Waals surface area (Å²) in [5, 5.41) is 8.38. The van der Waals surface area contributed by atoms with Crippen molar-refractivity contribution in [3.63, 3.8) is 0 Å². The van der Waals surface area contributed by atoms with Gasteiger partial charge in [-0.3, -0.25) is 0 Å². The number of hydrogen-bond donors (Lipinski definition) is 2. The molecule has 160 valence electrons. The topological polar surface area (TPSA) is 87.6 Å². The molecule has 0 bridgehead atoms. The summed E-state index contributed by atoms with van der Waals surface area (Å²) in [4.78, 5) is 15.6. The third kappa shape index (κ3) is 6.04. The fourth-order valence-electron chi connectivity index (χ4n) is 2.83. The predicted octanol–water partition coefficient (Wildman–Crippen LogP) is 4.97. The monoisotopic (exact) mass is 521 g/mol. The minimum atomic E-state index is 0.310. The van der Waals surface area contributed by atoms with E-state index in [0.717, 1.165) is 15.7 Å². The van der Waals surface area contributed by atoms with E-state index in [4.69, 9.17) is 27.9 Å². The number of nitrogens with zero attached hydrogens (tertiary/aromatic N) is 5. The second kappa shape index (κ2) is 10.2. The average molecular weight is 523 g/mol. The highest BCUT2D eigenvalue weighted by Crippen LogP contribution is 2.23. The summed E-state index contributed by atoms with van der Waals surface area (Å²) >= 11 is 15.5. The molecule has 0 aliphatic carbocycles. The molecule has 1 aromatic heterocycles. The molecule has 0 unspecified atom stereocenters. The summed E-state index contributed by atoms with van der Waals surface area (Å²) in [6.45, 7) is 2.65. The first-order valence-electron chi connectivity index (χ1n) is 9.42. The Morgan fingerprint density at radius 1 is 1.00 bits per heavy atom. The molecule has 1 saturated heterocycles. The highest BCUT2D eigenvalue weighted by atomic mass is 79.9. The van der Waals surface area contributed by atoms with Crippen LogP contribution in [0.1, 0.15) is 5.56 Å². The number of benzene rings is 2. The maximum atomic E-state index is 6.05. The van der Waals surface area contributed by atoms with Crippen LogP contribution >= 0.6 is 39.1 Å². The smallest absolute Gasteiger partial charge is 0.250 e. The van der Waals surface area contributed by atoms with E-state index in [1.165, 1.54) is 0 Å². The highest BCUT2D eigenvalue weighted by molar-refractivity contribution is 9.10. The molecule has 1 aliphatic heterocycles. The second-order valence-electron chi connectivity index (χ2n) is 6.56. The molecule has 0 amide bonds. The van der Waals surface area contributed by atoms with Crippen LogP contribution in [0.4, 0.5) is 23.5 Å². The summed E-state index contributed by atoms with van der Waals surface area (Å²) in [6.07, 6.45) is 1.61. The van der Waals surface area contributed by atoms with Crippen LogP contribution in [0.5, 0.6) is 0 Å². The Kier molecular flexibility index (Phi) is 7.18. The Bertz CT molecular complexity index is 1090. The fourth-order valence-corrected chi connectivity index (χ4v) is 3.53. The standard InChI is InChI=1S/C20H18BrCl2N7O/c21-14-2-1-3-15(11-14)25-18-26-19(28-20(27-18)30-6-8-31-9-7-30)29-24-12-13-4-5-16(22)17(23)10-13/h1-5,10-12H,6-9H2,(H2,25,26,27,28,29). The van der Waals surface area contributed by atoms with Crippen molar-refractivity contribution >= 4 is 68.9 Å². The number of aromatic nitrogens is 3. The Morgan fingerprint density at radius 2 is 1.81 bits per heavy atom. The zero-order valence-corrected chi connectivity index (χ0v) is 19.3. The first kappa shape index (κ1) is 21.8. The van der Waals surface area contributed by atoms with Crippen LogP contribution in [0.15, 0.2) is 52.0 Å². The number of anilines is 4. The molecular formula is C20H18BrCl2N7O. The van der Waals surface area contributed by atoms with Gasteiger partial charge in [-0.05, 0) is 35.9 Å². The van der Waals surface area contributed by atoms with Gasteiger partial charge >= 0.3 is 0 Å². The van der Waals surface area contributed by atoms with Crippen LogP contribution in [0.25, 0.3) is 0 Å². The molecule has 1 fully saturated rings. The molecule has 2 aromatic carbocycles. The Balaban J connectivity index is 1.57. The summed E-state index contributed by atoms with van der Waals surface area (Å²) in [5.41, 5.74) is 4.50. The molecular weight excluding hydrogens is 505 g/mol. The molecule has 11 heteroatoms. The van der Waals surface area contributed by atoms with Crippen molar-refractivity contribution in [3.8, 4) is 0 Å². The summed E-state index contributed by atoms with van der Waals surface area (Å²) in [5.74, 6) is 1.26. The Labute approximate surface area is 197 Å². The number of hydrazone groups is 1. The van der Waals surface area contributed by atoms with E-state index in [1.54, 1.807) is 18.3 Å². The summed E-state index contributed by atoms with van der Waals surface area (Å²) in [7, 11) is 0. The van der Waals surface area contributed by atoms with Crippen molar-refractivity contribution < 1.29 is 4.74 Å². The zero-order valence-electron chi connectivity index (χ0n) is 16.2. The van der Waals surface area contributed by atoms with Crippen molar-refractivity contribution in [2.24, 2.45) is 5.10 Å². The van der Waals surface area contributed by atoms with Gasteiger partial charge in [0.2, 0.25) is 17.8 Å². The van der Waals surface area contributed by atoms with Gasteiger partial charge in [0.25, 0.3) is 0 Å². The van der Waals surface area contributed by atoms with Crippen molar-refractivity contribution in [3.05, 3.63) is 62.5 Å². The Hall–Kier alpha value is -2.46. The quantitative estimate of drug-likeness (QED) is 0.349. The maximum Gasteiger partial charge on any atom is 0.250 e. The van der Waals surface area contributed by atoms with Crippen LogP contribution < -0.4 is 15.6 Å². The van der Waals surface area contributed by atoms with Gasteiger partial charge < -0.3 is 15.0 Å². The van der Waals surface area contributed by atoms with Gasteiger partial charge in [0.05, 0.1) is 29.5 Å². The van der Waals surface area contributed by atoms with Crippen molar-refractivity contribution in [2.45, 2.75) is 0 Å². The first-order valence-corrected chi connectivity index (χ1v) is 11.0. The van der Waals surface area contributed by atoms with Crippen LogP contribution in [-0.2, 0) is 4.74 Å². The highest BCUT2D eigenvalue weighted by Gasteiger charge is 2.16. The lowest BCUT2D eigenvalue weighted by Gasteiger charge is -2.27. The SMILES string of the molecule is Clc1ccc(C=NNc2nc(Nc3cccc(Br)c3)nc(N3CCOCC3)n2)cc1Cl. The van der Waals surface area contributed by atoms with Gasteiger partial charge in [-0.25, -0.2) is 5.43 Å². The normalized spacial score (nSPS) is 14.1. The van der Waals surface area contributed by atoms with Gasteiger partial charge in [-0.15, -0.1) is 0 Å². The third-order valence-electron chi connectivity index (χ3n) is 4.32. The van der Waals surface area contributed by atoms with Crippen LogP contribution in [0, 0.1) is 0 Å². The number of morpholine rings is 1. The van der Waals surface area contributed by atoms with E-state index in [1.807, 2.05) is 35.2 Å². The summed E-state index contributed by atoms with van der Waals surface area (Å²) < 4.78 is 6.38. The Morgan fingerprint density at radius 3 is 2.58 bits per heavy atom. The van der Waals surface area contributed by atoms with E-state index in [9.17, 15) is 0 Å². The molecule has 31 heavy (non-hydrogen) atoms. The first-order chi connectivity index (χ1) is 15.1. The van der Waals surface area contributed by atoms with Gasteiger partial charge in [-0.2, -0.15) is 20.1 Å². The largest absolute Gasteiger partial charge is 0.378 e. The van der Waals surface area contributed by atoms with Crippen molar-refractivity contribution in [2.75, 3.05) is 41.9 Å². The van der Waals surface area contributed by atoms with Crippen LogP contribution in [-0.4, -0.2) is 47.5 Å². The predicted molar refractivity (Wildman–Crippen MR) is 128 cm³/mol. The molecule has 0 atom stereocenters. The molecule has 1 aliphatic rings. The lowest BCUT2D eigenvalue weighted by molar-refractivity contribution is 0.122. The number of hydrogen-bond acceptors (Lipinski definition) is 8. The maximum absolute atomic E-state index is 6.05.